The smallest absolute Gasteiger partial charge is 0.254 e. The lowest BCUT2D eigenvalue weighted by Gasteiger charge is -2.22. The van der Waals surface area contributed by atoms with Crippen molar-refractivity contribution in [2.24, 2.45) is 0 Å². The summed E-state index contributed by atoms with van der Waals surface area (Å²) in [5.74, 6) is 0.218. The number of aryl methyl sites for hydroxylation is 1. The number of para-hydroxylation sites is 1. The first kappa shape index (κ1) is 22.1. The van der Waals surface area contributed by atoms with Crippen molar-refractivity contribution >= 4 is 17.5 Å². The van der Waals surface area contributed by atoms with Gasteiger partial charge in [0.05, 0.1) is 0 Å². The molecule has 5 heteroatoms. The number of carbonyl (C=O) groups is 2. The monoisotopic (exact) mass is 416 g/mol. The summed E-state index contributed by atoms with van der Waals surface area (Å²) in [5, 5.41) is 2.90. The molecule has 31 heavy (non-hydrogen) atoms. The number of carbonyl (C=O) groups excluding carboxylic acids is 2. The number of anilines is 1. The third kappa shape index (κ3) is 6.44. The molecule has 0 radical (unpaired) electrons. The number of nitrogens with zero attached hydrogens (tertiary/aromatic N) is 1. The largest absolute Gasteiger partial charge is 0.489 e. The van der Waals surface area contributed by atoms with Crippen molar-refractivity contribution in [2.45, 2.75) is 26.9 Å². The van der Waals surface area contributed by atoms with Crippen molar-refractivity contribution in [1.29, 1.82) is 0 Å². The first-order valence-corrected chi connectivity index (χ1v) is 10.5. The zero-order chi connectivity index (χ0) is 22.1. The van der Waals surface area contributed by atoms with E-state index in [2.05, 4.69) is 5.32 Å². The Morgan fingerprint density at radius 2 is 1.68 bits per heavy atom. The van der Waals surface area contributed by atoms with Crippen molar-refractivity contribution in [3.8, 4) is 5.75 Å². The second-order valence-electron chi connectivity index (χ2n) is 7.39. The molecule has 0 aliphatic heterocycles. The predicted molar refractivity (Wildman–Crippen MR) is 123 cm³/mol. The van der Waals surface area contributed by atoms with Crippen LogP contribution in [0.4, 0.5) is 5.69 Å². The molecule has 0 saturated heterocycles. The van der Waals surface area contributed by atoms with Gasteiger partial charge in [-0.15, -0.1) is 0 Å². The summed E-state index contributed by atoms with van der Waals surface area (Å²) in [6.07, 6.45) is 0.758. The Kier molecular flexibility index (Phi) is 7.82. The highest BCUT2D eigenvalue weighted by atomic mass is 16.5. The van der Waals surface area contributed by atoms with Crippen LogP contribution in [-0.4, -0.2) is 29.8 Å². The maximum atomic E-state index is 13.1. The number of hydrogen-bond acceptors (Lipinski definition) is 3. The van der Waals surface area contributed by atoms with E-state index in [0.717, 1.165) is 23.2 Å². The zero-order valence-corrected chi connectivity index (χ0v) is 18.0. The highest BCUT2D eigenvalue weighted by Crippen LogP contribution is 2.18. The summed E-state index contributed by atoms with van der Waals surface area (Å²) in [6, 6.07) is 24.6. The lowest BCUT2D eigenvalue weighted by Crippen LogP contribution is -2.38. The molecule has 0 heterocycles. The number of ether oxygens (including phenoxy) is 1. The van der Waals surface area contributed by atoms with E-state index in [1.807, 2.05) is 74.5 Å². The van der Waals surface area contributed by atoms with Gasteiger partial charge in [-0.05, 0) is 48.7 Å². The van der Waals surface area contributed by atoms with Crippen molar-refractivity contribution in [3.63, 3.8) is 0 Å². The summed E-state index contributed by atoms with van der Waals surface area (Å²) in [4.78, 5) is 27.3. The fourth-order valence-electron chi connectivity index (χ4n) is 3.24. The van der Waals surface area contributed by atoms with Gasteiger partial charge in [0.25, 0.3) is 5.91 Å². The summed E-state index contributed by atoms with van der Waals surface area (Å²) < 4.78 is 5.85. The minimum atomic E-state index is -0.215. The van der Waals surface area contributed by atoms with Crippen LogP contribution in [0.15, 0.2) is 78.9 Å². The Morgan fingerprint density at radius 3 is 2.42 bits per heavy atom. The van der Waals surface area contributed by atoms with Gasteiger partial charge in [-0.1, -0.05) is 61.5 Å². The SMILES string of the molecule is CCCN(CC(=O)Nc1ccccc1C)C(=O)c1cccc(OCc2ccccc2)c1. The average Bonchev–Trinajstić information content (AvgIpc) is 2.79. The molecule has 160 valence electrons. The van der Waals surface area contributed by atoms with Crippen LogP contribution in [0.3, 0.4) is 0 Å². The van der Waals surface area contributed by atoms with Crippen LogP contribution in [0.25, 0.3) is 0 Å². The van der Waals surface area contributed by atoms with Gasteiger partial charge < -0.3 is 15.0 Å². The van der Waals surface area contributed by atoms with Crippen LogP contribution in [0, 0.1) is 6.92 Å². The Hall–Kier alpha value is -3.60. The second-order valence-corrected chi connectivity index (χ2v) is 7.39. The molecule has 1 N–H and O–H groups in total. The lowest BCUT2D eigenvalue weighted by molar-refractivity contribution is -0.116. The first-order valence-electron chi connectivity index (χ1n) is 10.5. The van der Waals surface area contributed by atoms with Gasteiger partial charge in [-0.3, -0.25) is 9.59 Å². The van der Waals surface area contributed by atoms with E-state index in [1.54, 1.807) is 23.1 Å². The maximum Gasteiger partial charge on any atom is 0.254 e. The Labute approximate surface area is 183 Å². The normalized spacial score (nSPS) is 10.4. The molecule has 0 unspecified atom stereocenters. The van der Waals surface area contributed by atoms with E-state index in [-0.39, 0.29) is 18.4 Å². The van der Waals surface area contributed by atoms with E-state index in [4.69, 9.17) is 4.74 Å². The van der Waals surface area contributed by atoms with E-state index in [1.165, 1.54) is 0 Å². The minimum absolute atomic E-state index is 0.00386. The Bertz CT molecular complexity index is 1020. The molecule has 0 bridgehead atoms. The van der Waals surface area contributed by atoms with Gasteiger partial charge >= 0.3 is 0 Å². The molecule has 3 aromatic rings. The van der Waals surface area contributed by atoms with Gasteiger partial charge in [-0.2, -0.15) is 0 Å². The summed E-state index contributed by atoms with van der Waals surface area (Å²) in [7, 11) is 0. The fraction of sp³-hybridized carbons (Fsp3) is 0.231. The summed E-state index contributed by atoms with van der Waals surface area (Å²) >= 11 is 0. The molecule has 0 aromatic heterocycles. The topological polar surface area (TPSA) is 58.6 Å². The molecular weight excluding hydrogens is 388 g/mol. The van der Waals surface area contributed by atoms with Gasteiger partial charge in [-0.25, -0.2) is 0 Å². The molecule has 0 saturated carbocycles. The third-order valence-electron chi connectivity index (χ3n) is 4.86. The summed E-state index contributed by atoms with van der Waals surface area (Å²) in [5.41, 5.74) is 3.29. The molecule has 0 aliphatic rings. The van der Waals surface area contributed by atoms with Gasteiger partial charge in [0.2, 0.25) is 5.91 Å². The van der Waals surface area contributed by atoms with Crippen LogP contribution in [0.5, 0.6) is 5.75 Å². The van der Waals surface area contributed by atoms with E-state index < -0.39 is 0 Å². The van der Waals surface area contributed by atoms with Crippen LogP contribution >= 0.6 is 0 Å². The first-order chi connectivity index (χ1) is 15.1. The minimum Gasteiger partial charge on any atom is -0.489 e. The van der Waals surface area contributed by atoms with Crippen molar-refractivity contribution in [3.05, 3.63) is 95.6 Å². The van der Waals surface area contributed by atoms with Crippen LogP contribution in [0.1, 0.15) is 34.8 Å². The number of nitrogens with one attached hydrogen (secondary N) is 1. The quantitative estimate of drug-likeness (QED) is 0.530. The zero-order valence-electron chi connectivity index (χ0n) is 18.0. The van der Waals surface area contributed by atoms with E-state index in [0.29, 0.717) is 24.5 Å². The number of rotatable bonds is 9. The highest BCUT2D eigenvalue weighted by molar-refractivity contribution is 5.99. The molecule has 0 atom stereocenters. The van der Waals surface area contributed by atoms with E-state index >= 15 is 0 Å². The molecule has 3 rings (SSSR count). The predicted octanol–water partition coefficient (Wildman–Crippen LogP) is 5.06. The Morgan fingerprint density at radius 1 is 0.935 bits per heavy atom. The summed E-state index contributed by atoms with van der Waals surface area (Å²) in [6.45, 7) is 4.84. The molecular formula is C26H28N2O3. The molecule has 2 amide bonds. The molecule has 0 spiro atoms. The maximum absolute atomic E-state index is 13.1. The van der Waals surface area contributed by atoms with Crippen molar-refractivity contribution in [2.75, 3.05) is 18.4 Å². The molecule has 3 aromatic carbocycles. The molecule has 5 nitrogen and oxygen atoms in total. The molecule has 0 fully saturated rings. The fourth-order valence-corrected chi connectivity index (χ4v) is 3.24. The number of amides is 2. The lowest BCUT2D eigenvalue weighted by atomic mass is 10.1. The standard InChI is InChI=1S/C26H28N2O3/c1-3-16-28(18-25(29)27-24-15-8-7-10-20(24)2)26(30)22-13-9-14-23(17-22)31-19-21-11-5-4-6-12-21/h4-15,17H,3,16,18-19H2,1-2H3,(H,27,29). The van der Waals surface area contributed by atoms with Crippen molar-refractivity contribution < 1.29 is 14.3 Å². The second kappa shape index (κ2) is 11.0. The van der Waals surface area contributed by atoms with Gasteiger partial charge in [0, 0.05) is 17.8 Å². The highest BCUT2D eigenvalue weighted by Gasteiger charge is 2.19. The van der Waals surface area contributed by atoms with Crippen LogP contribution in [0.2, 0.25) is 0 Å². The Balaban J connectivity index is 1.66. The number of hydrogen-bond donors (Lipinski definition) is 1. The molecule has 0 aliphatic carbocycles. The van der Waals surface area contributed by atoms with Gasteiger partial charge in [0.15, 0.2) is 0 Å². The number of benzene rings is 3. The van der Waals surface area contributed by atoms with Crippen LogP contribution < -0.4 is 10.1 Å². The van der Waals surface area contributed by atoms with Crippen molar-refractivity contribution in [1.82, 2.24) is 4.90 Å². The van der Waals surface area contributed by atoms with E-state index in [9.17, 15) is 9.59 Å². The average molecular weight is 417 g/mol. The third-order valence-corrected chi connectivity index (χ3v) is 4.86. The van der Waals surface area contributed by atoms with Gasteiger partial charge in [0.1, 0.15) is 18.9 Å². The van der Waals surface area contributed by atoms with Crippen LogP contribution in [-0.2, 0) is 11.4 Å².